The number of aromatic nitrogens is 2. The van der Waals surface area contributed by atoms with E-state index in [-0.39, 0.29) is 6.42 Å². The maximum Gasteiger partial charge on any atom is 0.328 e. The summed E-state index contributed by atoms with van der Waals surface area (Å²) in [6.07, 6.45) is 3.40. The number of nitrogens with one attached hydrogen (secondary N) is 1. The first-order valence-electron chi connectivity index (χ1n) is 8.34. The number of para-hydroxylation sites is 1. The molecule has 0 saturated carbocycles. The molecule has 0 aliphatic carbocycles. The van der Waals surface area contributed by atoms with Crippen molar-refractivity contribution in [3.8, 4) is 5.88 Å². The Morgan fingerprint density at radius 1 is 1.04 bits per heavy atom. The van der Waals surface area contributed by atoms with Crippen LogP contribution in [0.25, 0.3) is 10.9 Å². The Morgan fingerprint density at radius 2 is 1.78 bits per heavy atom. The van der Waals surface area contributed by atoms with Crippen LogP contribution in [0, 0.1) is 0 Å². The van der Waals surface area contributed by atoms with Crippen molar-refractivity contribution in [2.45, 2.75) is 12.5 Å². The summed E-state index contributed by atoms with van der Waals surface area (Å²) < 4.78 is 10.1. The van der Waals surface area contributed by atoms with Gasteiger partial charge in [0.05, 0.1) is 25.3 Å². The van der Waals surface area contributed by atoms with Gasteiger partial charge in [0.1, 0.15) is 6.04 Å². The molecule has 0 unspecified atom stereocenters. The van der Waals surface area contributed by atoms with Crippen molar-refractivity contribution < 1.29 is 19.1 Å². The fourth-order valence-corrected chi connectivity index (χ4v) is 2.84. The molecule has 1 N–H and O–H groups in total. The fourth-order valence-electron chi connectivity index (χ4n) is 2.84. The summed E-state index contributed by atoms with van der Waals surface area (Å²) >= 11 is 0. The van der Waals surface area contributed by atoms with Crippen LogP contribution in [-0.4, -0.2) is 42.1 Å². The molecule has 0 radical (unpaired) electrons. The first-order valence-corrected chi connectivity index (χ1v) is 8.34. The molecule has 3 aromatic rings. The van der Waals surface area contributed by atoms with E-state index in [2.05, 4.69) is 15.3 Å². The van der Waals surface area contributed by atoms with E-state index in [0.29, 0.717) is 22.5 Å². The van der Waals surface area contributed by atoms with Crippen LogP contribution < -0.4 is 10.1 Å². The number of esters is 1. The summed E-state index contributed by atoms with van der Waals surface area (Å²) in [6.45, 7) is 0. The van der Waals surface area contributed by atoms with Gasteiger partial charge in [-0.25, -0.2) is 9.78 Å². The summed E-state index contributed by atoms with van der Waals surface area (Å²) in [5.74, 6) is -0.563. The number of nitrogens with zero attached hydrogens (tertiary/aromatic N) is 2. The molecule has 0 aliphatic heterocycles. The molecule has 7 nitrogen and oxygen atoms in total. The molecule has 1 aromatic carbocycles. The average Bonchev–Trinajstić information content (AvgIpc) is 2.72. The second kappa shape index (κ2) is 8.27. The van der Waals surface area contributed by atoms with Crippen LogP contribution in [0.5, 0.6) is 5.88 Å². The molecular weight excluding hydrogens is 346 g/mol. The number of carbonyl (C=O) groups is 2. The minimum Gasteiger partial charge on any atom is -0.481 e. The Kier molecular flexibility index (Phi) is 5.61. The third kappa shape index (κ3) is 4.03. The first kappa shape index (κ1) is 18.3. The largest absolute Gasteiger partial charge is 0.481 e. The van der Waals surface area contributed by atoms with Gasteiger partial charge in [0.25, 0.3) is 5.91 Å². The fraction of sp³-hybridized carbons (Fsp3) is 0.200. The highest BCUT2D eigenvalue weighted by Gasteiger charge is 2.25. The lowest BCUT2D eigenvalue weighted by Gasteiger charge is -2.18. The van der Waals surface area contributed by atoms with Crippen LogP contribution in [-0.2, 0) is 16.0 Å². The van der Waals surface area contributed by atoms with Gasteiger partial charge < -0.3 is 14.8 Å². The van der Waals surface area contributed by atoms with E-state index >= 15 is 0 Å². The zero-order valence-corrected chi connectivity index (χ0v) is 15.0. The van der Waals surface area contributed by atoms with Crippen molar-refractivity contribution in [2.24, 2.45) is 0 Å². The lowest BCUT2D eigenvalue weighted by atomic mass is 10.1. The molecule has 27 heavy (non-hydrogen) atoms. The number of carbonyl (C=O) groups excluding carboxylic acids is 2. The lowest BCUT2D eigenvalue weighted by molar-refractivity contribution is -0.142. The highest BCUT2D eigenvalue weighted by molar-refractivity contribution is 6.06. The van der Waals surface area contributed by atoms with Crippen LogP contribution in [0.4, 0.5) is 0 Å². The number of rotatable bonds is 6. The van der Waals surface area contributed by atoms with Gasteiger partial charge in [0.2, 0.25) is 5.88 Å². The molecule has 0 aliphatic rings. The molecule has 1 atom stereocenters. The summed E-state index contributed by atoms with van der Waals surface area (Å²) in [4.78, 5) is 33.5. The Hall–Kier alpha value is -3.48. The quantitative estimate of drug-likeness (QED) is 0.673. The van der Waals surface area contributed by atoms with E-state index in [0.717, 1.165) is 5.39 Å². The minimum atomic E-state index is -0.889. The van der Waals surface area contributed by atoms with E-state index in [1.165, 1.54) is 14.2 Å². The van der Waals surface area contributed by atoms with Crippen LogP contribution in [0.3, 0.4) is 0 Å². The van der Waals surface area contributed by atoms with Crippen molar-refractivity contribution in [2.75, 3.05) is 14.2 Å². The Labute approximate surface area is 156 Å². The maximum absolute atomic E-state index is 12.8. The number of amides is 1. The number of fused-ring (bicyclic) bond motifs is 1. The van der Waals surface area contributed by atoms with Crippen LogP contribution in [0.2, 0.25) is 0 Å². The molecule has 0 fully saturated rings. The number of benzene rings is 1. The average molecular weight is 365 g/mol. The standard InChI is InChI=1S/C20H19N3O4/c1-26-19-14(8-5-11-22-19)12-16(20(25)27-2)23-18(24)15-9-3-6-13-7-4-10-21-17(13)15/h3-11,16H,12H2,1-2H3,(H,23,24)/t16-/m0/s1. The topological polar surface area (TPSA) is 90.4 Å². The second-order valence-corrected chi connectivity index (χ2v) is 5.81. The smallest absolute Gasteiger partial charge is 0.328 e. The highest BCUT2D eigenvalue weighted by atomic mass is 16.5. The van der Waals surface area contributed by atoms with Gasteiger partial charge in [-0.15, -0.1) is 0 Å². The van der Waals surface area contributed by atoms with Crippen LogP contribution in [0.1, 0.15) is 15.9 Å². The third-order valence-corrected chi connectivity index (χ3v) is 4.14. The molecule has 1 amide bonds. The van der Waals surface area contributed by atoms with Crippen molar-refractivity contribution in [1.29, 1.82) is 0 Å². The van der Waals surface area contributed by atoms with Gasteiger partial charge >= 0.3 is 5.97 Å². The molecular formula is C20H19N3O4. The predicted octanol–water partition coefficient (Wildman–Crippen LogP) is 2.15. The minimum absolute atomic E-state index is 0.188. The third-order valence-electron chi connectivity index (χ3n) is 4.14. The van der Waals surface area contributed by atoms with Crippen molar-refractivity contribution in [3.63, 3.8) is 0 Å². The van der Waals surface area contributed by atoms with E-state index < -0.39 is 17.9 Å². The number of hydrogen-bond donors (Lipinski definition) is 1. The van der Waals surface area contributed by atoms with Crippen LogP contribution in [0.15, 0.2) is 54.9 Å². The van der Waals surface area contributed by atoms with E-state index in [1.54, 1.807) is 42.7 Å². The lowest BCUT2D eigenvalue weighted by Crippen LogP contribution is -2.43. The molecule has 0 saturated heterocycles. The molecule has 7 heteroatoms. The number of pyridine rings is 2. The van der Waals surface area contributed by atoms with Crippen molar-refractivity contribution >= 4 is 22.8 Å². The van der Waals surface area contributed by atoms with Gasteiger partial charge in [-0.05, 0) is 18.2 Å². The molecule has 0 spiro atoms. The number of hydrogen-bond acceptors (Lipinski definition) is 6. The molecule has 2 heterocycles. The van der Waals surface area contributed by atoms with Gasteiger partial charge in [-0.3, -0.25) is 9.78 Å². The number of methoxy groups -OCH3 is 2. The highest BCUT2D eigenvalue weighted by Crippen LogP contribution is 2.18. The Bertz CT molecular complexity index is 969. The van der Waals surface area contributed by atoms with Crippen molar-refractivity contribution in [1.82, 2.24) is 15.3 Å². The summed E-state index contributed by atoms with van der Waals surface area (Å²) in [5.41, 5.74) is 1.65. The predicted molar refractivity (Wildman–Crippen MR) is 99.5 cm³/mol. The summed E-state index contributed by atoms with van der Waals surface area (Å²) in [5, 5.41) is 3.58. The monoisotopic (exact) mass is 365 g/mol. The molecule has 0 bridgehead atoms. The summed E-state index contributed by atoms with van der Waals surface area (Å²) in [7, 11) is 2.78. The van der Waals surface area contributed by atoms with E-state index in [9.17, 15) is 9.59 Å². The van der Waals surface area contributed by atoms with Crippen LogP contribution >= 0.6 is 0 Å². The molecule has 3 rings (SSSR count). The first-order chi connectivity index (χ1) is 13.1. The molecule has 138 valence electrons. The zero-order chi connectivity index (χ0) is 19.2. The zero-order valence-electron chi connectivity index (χ0n) is 15.0. The number of ether oxygens (including phenoxy) is 2. The van der Waals surface area contributed by atoms with Gasteiger partial charge in [-0.1, -0.05) is 24.3 Å². The van der Waals surface area contributed by atoms with Gasteiger partial charge in [0.15, 0.2) is 0 Å². The van der Waals surface area contributed by atoms with E-state index in [4.69, 9.17) is 9.47 Å². The Balaban J connectivity index is 1.88. The van der Waals surface area contributed by atoms with Gasteiger partial charge in [0, 0.05) is 29.8 Å². The second-order valence-electron chi connectivity index (χ2n) is 5.81. The maximum atomic E-state index is 12.8. The molecule has 2 aromatic heterocycles. The van der Waals surface area contributed by atoms with E-state index in [1.807, 2.05) is 12.1 Å². The Morgan fingerprint density at radius 3 is 2.56 bits per heavy atom. The SMILES string of the molecule is COC(=O)[C@H](Cc1cccnc1OC)NC(=O)c1cccc2cccnc12. The normalized spacial score (nSPS) is 11.6. The van der Waals surface area contributed by atoms with Gasteiger partial charge in [-0.2, -0.15) is 0 Å². The summed E-state index contributed by atoms with van der Waals surface area (Å²) in [6, 6.07) is 11.6. The van der Waals surface area contributed by atoms with Crippen molar-refractivity contribution in [3.05, 3.63) is 66.0 Å².